The summed E-state index contributed by atoms with van der Waals surface area (Å²) < 4.78 is 2.38. The molecular weight excluding hydrogens is 339 g/mol. The van der Waals surface area contributed by atoms with Crippen LogP contribution in [-0.4, -0.2) is 19.7 Å². The fourth-order valence-corrected chi connectivity index (χ4v) is 2.73. The Balaban J connectivity index is 2.38. The minimum atomic E-state index is -0.114. The van der Waals surface area contributed by atoms with E-state index in [1.165, 1.54) is 18.1 Å². The van der Waals surface area contributed by atoms with Crippen LogP contribution in [-0.2, 0) is 7.05 Å². The first-order valence-corrected chi connectivity index (χ1v) is 6.39. The monoisotopic (exact) mass is 348 g/mol. The van der Waals surface area contributed by atoms with Crippen molar-refractivity contribution >= 4 is 34.4 Å². The Kier molecular flexibility index (Phi) is 3.33. The Hall–Kier alpha value is -0.830. The number of nitrogens with one attached hydrogen (secondary N) is 1. The summed E-state index contributed by atoms with van der Waals surface area (Å²) in [6, 6.07) is 1.96. The second kappa shape index (κ2) is 4.58. The molecule has 2 aromatic heterocycles. The summed E-state index contributed by atoms with van der Waals surface area (Å²) >= 11 is 3.43. The number of aryl methyl sites for hydroxylation is 2. The molecule has 0 radical (unpaired) electrons. The highest BCUT2D eigenvalue weighted by atomic mass is 127. The summed E-state index contributed by atoms with van der Waals surface area (Å²) in [6.07, 6.45) is 1.41. The van der Waals surface area contributed by atoms with Gasteiger partial charge in [-0.15, -0.1) is 0 Å². The third-order valence-electron chi connectivity index (χ3n) is 1.92. The second-order valence-corrected chi connectivity index (χ2v) is 5.29. The van der Waals surface area contributed by atoms with Gasteiger partial charge in [-0.05, 0) is 47.3 Å². The lowest BCUT2D eigenvalue weighted by Gasteiger charge is -2.01. The molecule has 2 aromatic rings. The van der Waals surface area contributed by atoms with Crippen molar-refractivity contribution in [3.63, 3.8) is 0 Å². The molecule has 0 fully saturated rings. The molecule has 0 bridgehead atoms. The molecule has 7 heteroatoms. The van der Waals surface area contributed by atoms with Crippen molar-refractivity contribution in [2.24, 2.45) is 7.05 Å². The van der Waals surface area contributed by atoms with Gasteiger partial charge in [-0.3, -0.25) is 9.48 Å². The van der Waals surface area contributed by atoms with Crippen LogP contribution in [0.25, 0.3) is 0 Å². The Morgan fingerprint density at radius 1 is 1.56 bits per heavy atom. The molecule has 0 saturated heterocycles. The number of rotatable bonds is 2. The zero-order valence-electron chi connectivity index (χ0n) is 8.69. The first-order chi connectivity index (χ1) is 7.58. The van der Waals surface area contributed by atoms with Crippen LogP contribution in [0.5, 0.6) is 0 Å². The van der Waals surface area contributed by atoms with E-state index in [4.69, 9.17) is 0 Å². The molecule has 0 spiro atoms. The molecule has 5 nitrogen and oxygen atoms in total. The lowest BCUT2D eigenvalue weighted by atomic mass is 10.5. The SMILES string of the molecule is Cc1cc(Sc2nc[nH]c(=O)c2I)n(C)n1. The van der Waals surface area contributed by atoms with Crippen molar-refractivity contribution in [1.82, 2.24) is 19.7 Å². The lowest BCUT2D eigenvalue weighted by molar-refractivity contribution is 0.691. The van der Waals surface area contributed by atoms with Gasteiger partial charge in [0.2, 0.25) is 0 Å². The third kappa shape index (κ3) is 2.29. The topological polar surface area (TPSA) is 63.6 Å². The van der Waals surface area contributed by atoms with Crippen LogP contribution in [0.15, 0.2) is 27.2 Å². The number of hydrogen-bond donors (Lipinski definition) is 1. The molecule has 0 aliphatic rings. The molecule has 0 saturated carbocycles. The average molecular weight is 348 g/mol. The van der Waals surface area contributed by atoms with Crippen LogP contribution in [0.1, 0.15) is 5.69 Å². The Morgan fingerprint density at radius 3 is 2.94 bits per heavy atom. The molecule has 2 rings (SSSR count). The van der Waals surface area contributed by atoms with Crippen molar-refractivity contribution in [3.05, 3.63) is 32.0 Å². The number of nitrogens with zero attached hydrogens (tertiary/aromatic N) is 3. The van der Waals surface area contributed by atoms with E-state index in [1.54, 1.807) is 4.68 Å². The molecule has 16 heavy (non-hydrogen) atoms. The maximum atomic E-state index is 11.4. The van der Waals surface area contributed by atoms with Gasteiger partial charge < -0.3 is 4.98 Å². The number of H-pyrrole nitrogens is 1. The van der Waals surface area contributed by atoms with Gasteiger partial charge in [0.15, 0.2) is 0 Å². The number of halogens is 1. The van der Waals surface area contributed by atoms with Gasteiger partial charge in [0.05, 0.1) is 12.0 Å². The van der Waals surface area contributed by atoms with Gasteiger partial charge in [-0.1, -0.05) is 0 Å². The lowest BCUT2D eigenvalue weighted by Crippen LogP contribution is -2.11. The smallest absolute Gasteiger partial charge is 0.265 e. The normalized spacial score (nSPS) is 10.7. The van der Waals surface area contributed by atoms with E-state index in [0.29, 0.717) is 8.60 Å². The van der Waals surface area contributed by atoms with Crippen LogP contribution in [0, 0.1) is 10.5 Å². The summed E-state index contributed by atoms with van der Waals surface area (Å²) in [7, 11) is 1.87. The number of hydrogen-bond acceptors (Lipinski definition) is 4. The van der Waals surface area contributed by atoms with Crippen LogP contribution in [0.3, 0.4) is 0 Å². The first-order valence-electron chi connectivity index (χ1n) is 4.49. The molecule has 0 aliphatic heterocycles. The fraction of sp³-hybridized carbons (Fsp3) is 0.222. The van der Waals surface area contributed by atoms with E-state index in [2.05, 4.69) is 15.1 Å². The van der Waals surface area contributed by atoms with Crippen molar-refractivity contribution in [1.29, 1.82) is 0 Å². The molecule has 2 heterocycles. The summed E-state index contributed by atoms with van der Waals surface area (Å²) in [5.41, 5.74) is 0.835. The van der Waals surface area contributed by atoms with Crippen molar-refractivity contribution in [2.75, 3.05) is 0 Å². The van der Waals surface area contributed by atoms with E-state index in [9.17, 15) is 4.79 Å². The predicted molar refractivity (Wildman–Crippen MR) is 69.6 cm³/mol. The zero-order valence-corrected chi connectivity index (χ0v) is 11.7. The molecule has 0 atom stereocenters. The van der Waals surface area contributed by atoms with E-state index < -0.39 is 0 Å². The minimum Gasteiger partial charge on any atom is -0.312 e. The van der Waals surface area contributed by atoms with E-state index in [1.807, 2.05) is 42.6 Å². The highest BCUT2D eigenvalue weighted by molar-refractivity contribution is 14.1. The summed E-state index contributed by atoms with van der Waals surface area (Å²) in [5, 5.41) is 5.91. The maximum Gasteiger partial charge on any atom is 0.265 e. The number of aromatic amines is 1. The molecule has 0 unspecified atom stereocenters. The second-order valence-electron chi connectivity index (χ2n) is 3.20. The average Bonchev–Trinajstić information content (AvgIpc) is 2.53. The maximum absolute atomic E-state index is 11.4. The van der Waals surface area contributed by atoms with Crippen LogP contribution < -0.4 is 5.56 Å². The van der Waals surface area contributed by atoms with Gasteiger partial charge >= 0.3 is 0 Å². The number of aromatic nitrogens is 4. The minimum absolute atomic E-state index is 0.114. The Labute approximate surface area is 110 Å². The van der Waals surface area contributed by atoms with Gasteiger partial charge in [0, 0.05) is 7.05 Å². The molecule has 84 valence electrons. The van der Waals surface area contributed by atoms with Crippen molar-refractivity contribution < 1.29 is 0 Å². The fourth-order valence-electron chi connectivity index (χ4n) is 1.22. The highest BCUT2D eigenvalue weighted by Crippen LogP contribution is 2.27. The van der Waals surface area contributed by atoms with Gasteiger partial charge in [-0.2, -0.15) is 5.10 Å². The molecule has 1 N–H and O–H groups in total. The quantitative estimate of drug-likeness (QED) is 0.661. The molecular formula is C9H9IN4OS. The highest BCUT2D eigenvalue weighted by Gasteiger charge is 2.10. The molecule has 0 aromatic carbocycles. The zero-order chi connectivity index (χ0) is 11.7. The molecule has 0 amide bonds. The summed E-state index contributed by atoms with van der Waals surface area (Å²) in [6.45, 7) is 1.93. The van der Waals surface area contributed by atoms with E-state index in [-0.39, 0.29) is 5.56 Å². The van der Waals surface area contributed by atoms with Crippen LogP contribution >= 0.6 is 34.4 Å². The van der Waals surface area contributed by atoms with Gasteiger partial charge in [0.25, 0.3) is 5.56 Å². The molecule has 0 aliphatic carbocycles. The van der Waals surface area contributed by atoms with Crippen LogP contribution in [0.2, 0.25) is 0 Å². The Bertz CT molecular complexity index is 577. The summed E-state index contributed by atoms with van der Waals surface area (Å²) in [5.74, 6) is 0. The van der Waals surface area contributed by atoms with Gasteiger partial charge in [-0.25, -0.2) is 4.98 Å². The third-order valence-corrected chi connectivity index (χ3v) is 4.39. The Morgan fingerprint density at radius 2 is 2.31 bits per heavy atom. The first kappa shape index (κ1) is 11.6. The largest absolute Gasteiger partial charge is 0.312 e. The van der Waals surface area contributed by atoms with Crippen molar-refractivity contribution in [3.8, 4) is 0 Å². The summed E-state index contributed by atoms with van der Waals surface area (Å²) in [4.78, 5) is 18.1. The standard InChI is InChI=1S/C9H9IN4OS/c1-5-3-6(14(2)13-5)16-9-7(10)8(15)11-4-12-9/h3-4H,1-2H3,(H,11,12,15). The van der Waals surface area contributed by atoms with E-state index >= 15 is 0 Å². The van der Waals surface area contributed by atoms with Crippen LogP contribution in [0.4, 0.5) is 0 Å². The van der Waals surface area contributed by atoms with Crippen molar-refractivity contribution in [2.45, 2.75) is 17.0 Å². The van der Waals surface area contributed by atoms with E-state index in [0.717, 1.165) is 10.7 Å². The predicted octanol–water partition coefficient (Wildman–Crippen LogP) is 1.57. The van der Waals surface area contributed by atoms with Gasteiger partial charge in [0.1, 0.15) is 13.6 Å².